The first-order valence-corrected chi connectivity index (χ1v) is 7.58. The molecule has 116 valence electrons. The molecule has 9 heteroatoms. The molecule has 0 fully saturated rings. The molecule has 0 amide bonds. The van der Waals surface area contributed by atoms with Gasteiger partial charge < -0.3 is 9.84 Å². The lowest BCUT2D eigenvalue weighted by atomic mass is 10.2. The predicted octanol–water partition coefficient (Wildman–Crippen LogP) is 1.22. The van der Waals surface area contributed by atoms with E-state index in [1.807, 2.05) is 0 Å². The van der Waals surface area contributed by atoms with E-state index in [4.69, 9.17) is 16.7 Å². The van der Waals surface area contributed by atoms with Crippen molar-refractivity contribution in [3.63, 3.8) is 0 Å². The number of carboxylic acid groups (broad SMARTS) is 1. The lowest BCUT2D eigenvalue weighted by Crippen LogP contribution is -2.29. The zero-order chi connectivity index (χ0) is 16.2. The van der Waals surface area contributed by atoms with Crippen molar-refractivity contribution in [2.24, 2.45) is 0 Å². The molecule has 0 aliphatic rings. The maximum Gasteiger partial charge on any atom is 0.339 e. The number of rotatable bonds is 6. The second-order valence-electron chi connectivity index (χ2n) is 4.10. The molecule has 0 aliphatic carbocycles. The van der Waals surface area contributed by atoms with Crippen molar-refractivity contribution in [3.05, 3.63) is 28.8 Å². The summed E-state index contributed by atoms with van der Waals surface area (Å²) in [4.78, 5) is 21.7. The van der Waals surface area contributed by atoms with E-state index in [9.17, 15) is 18.0 Å². The molecular weight excluding hydrogens is 322 g/mol. The number of sulfonamides is 1. The van der Waals surface area contributed by atoms with Crippen LogP contribution in [0.1, 0.15) is 16.8 Å². The number of esters is 1. The Morgan fingerprint density at radius 1 is 1.38 bits per heavy atom. The van der Waals surface area contributed by atoms with Crippen molar-refractivity contribution in [2.75, 3.05) is 20.7 Å². The topological polar surface area (TPSA) is 101 Å². The van der Waals surface area contributed by atoms with Crippen molar-refractivity contribution >= 4 is 33.6 Å². The van der Waals surface area contributed by atoms with Crippen LogP contribution in [0, 0.1) is 0 Å². The van der Waals surface area contributed by atoms with E-state index in [1.165, 1.54) is 26.3 Å². The van der Waals surface area contributed by atoms with Crippen LogP contribution in [0.4, 0.5) is 0 Å². The Hall–Kier alpha value is -1.64. The number of nitrogens with zero attached hydrogens (tertiary/aromatic N) is 1. The highest BCUT2D eigenvalue weighted by molar-refractivity contribution is 7.89. The van der Waals surface area contributed by atoms with Crippen LogP contribution < -0.4 is 0 Å². The molecule has 0 bridgehead atoms. The molecule has 1 N–H and O–H groups in total. The first-order chi connectivity index (χ1) is 9.70. The van der Waals surface area contributed by atoms with Crippen LogP contribution in [0.25, 0.3) is 0 Å². The summed E-state index contributed by atoms with van der Waals surface area (Å²) in [6.07, 6.45) is -0.316. The normalized spacial score (nSPS) is 11.4. The minimum atomic E-state index is -3.87. The molecule has 0 saturated carbocycles. The fraction of sp³-hybridized carbons (Fsp3) is 0.333. The number of hydrogen-bond donors (Lipinski definition) is 1. The molecule has 0 spiro atoms. The van der Waals surface area contributed by atoms with E-state index >= 15 is 0 Å². The second-order valence-corrected chi connectivity index (χ2v) is 6.56. The van der Waals surface area contributed by atoms with Gasteiger partial charge in [-0.2, -0.15) is 0 Å². The van der Waals surface area contributed by atoms with Gasteiger partial charge in [0.25, 0.3) is 0 Å². The van der Waals surface area contributed by atoms with Gasteiger partial charge in [0.1, 0.15) is 0 Å². The van der Waals surface area contributed by atoms with Crippen molar-refractivity contribution < 1.29 is 27.9 Å². The lowest BCUT2D eigenvalue weighted by molar-refractivity contribution is -0.137. The Bertz CT molecular complexity index is 658. The summed E-state index contributed by atoms with van der Waals surface area (Å²) in [5, 5.41) is 8.51. The van der Waals surface area contributed by atoms with Crippen LogP contribution in [-0.2, 0) is 19.6 Å². The van der Waals surface area contributed by atoms with Crippen LogP contribution in [-0.4, -0.2) is 50.5 Å². The van der Waals surface area contributed by atoms with E-state index in [0.717, 1.165) is 10.4 Å². The lowest BCUT2D eigenvalue weighted by Gasteiger charge is -2.16. The highest BCUT2D eigenvalue weighted by Crippen LogP contribution is 2.23. The molecule has 1 aromatic carbocycles. The zero-order valence-electron chi connectivity index (χ0n) is 11.4. The molecular formula is C12H14ClNO6S. The third-order valence-electron chi connectivity index (χ3n) is 2.69. The van der Waals surface area contributed by atoms with Gasteiger partial charge in [0.2, 0.25) is 10.0 Å². The molecule has 1 rings (SSSR count). The number of halogens is 1. The van der Waals surface area contributed by atoms with E-state index < -0.39 is 22.0 Å². The van der Waals surface area contributed by atoms with E-state index in [2.05, 4.69) is 4.74 Å². The maximum absolute atomic E-state index is 12.2. The van der Waals surface area contributed by atoms with Gasteiger partial charge >= 0.3 is 11.9 Å². The average Bonchev–Trinajstić information content (AvgIpc) is 2.43. The molecule has 7 nitrogen and oxygen atoms in total. The molecule has 0 aliphatic heterocycles. The first kappa shape index (κ1) is 17.4. The number of carbonyl (C=O) groups excluding carboxylic acids is 1. The minimum absolute atomic E-state index is 0.0475. The molecule has 0 unspecified atom stereocenters. The molecule has 0 saturated heterocycles. The number of aliphatic carboxylic acids is 1. The number of ether oxygens (including phenoxy) is 1. The summed E-state index contributed by atoms with van der Waals surface area (Å²) >= 11 is 5.86. The first-order valence-electron chi connectivity index (χ1n) is 5.76. The number of benzene rings is 1. The summed E-state index contributed by atoms with van der Waals surface area (Å²) in [6.45, 7) is -0.173. The van der Waals surface area contributed by atoms with Crippen molar-refractivity contribution in [1.29, 1.82) is 0 Å². The number of carbonyl (C=O) groups is 2. The van der Waals surface area contributed by atoms with Crippen LogP contribution in [0.15, 0.2) is 23.1 Å². The van der Waals surface area contributed by atoms with E-state index in [0.29, 0.717) is 0 Å². The van der Waals surface area contributed by atoms with Crippen molar-refractivity contribution in [3.8, 4) is 0 Å². The van der Waals surface area contributed by atoms with Crippen molar-refractivity contribution in [2.45, 2.75) is 11.3 Å². The largest absolute Gasteiger partial charge is 0.481 e. The third kappa shape index (κ3) is 4.16. The smallest absolute Gasteiger partial charge is 0.339 e. The average molecular weight is 336 g/mol. The van der Waals surface area contributed by atoms with Crippen LogP contribution in [0.3, 0.4) is 0 Å². The quantitative estimate of drug-likeness (QED) is 0.784. The van der Waals surface area contributed by atoms with Crippen molar-refractivity contribution in [1.82, 2.24) is 4.31 Å². The number of methoxy groups -OCH3 is 1. The zero-order valence-corrected chi connectivity index (χ0v) is 12.9. The van der Waals surface area contributed by atoms with Gasteiger partial charge in [-0.1, -0.05) is 11.6 Å². The summed E-state index contributed by atoms with van der Waals surface area (Å²) < 4.78 is 29.8. The van der Waals surface area contributed by atoms with Gasteiger partial charge in [-0.25, -0.2) is 17.5 Å². The second kappa shape index (κ2) is 6.88. The van der Waals surface area contributed by atoms with Crippen LogP contribution >= 0.6 is 11.6 Å². The third-order valence-corrected chi connectivity index (χ3v) is 4.86. The van der Waals surface area contributed by atoms with Gasteiger partial charge in [-0.3, -0.25) is 4.79 Å². The molecule has 0 aromatic heterocycles. The fourth-order valence-corrected chi connectivity index (χ4v) is 3.01. The van der Waals surface area contributed by atoms with Crippen LogP contribution in [0.5, 0.6) is 0 Å². The fourth-order valence-electron chi connectivity index (χ4n) is 1.49. The SMILES string of the molecule is COC(=O)c1ccc(S(=O)(=O)N(C)CCC(=O)O)cc1Cl. The standard InChI is InChI=1S/C12H14ClNO6S/c1-14(6-5-11(15)16)21(18,19)8-3-4-9(10(13)7-8)12(17)20-2/h3-4,7H,5-6H2,1-2H3,(H,15,16). The summed E-state index contributed by atoms with van der Waals surface area (Å²) in [7, 11) is -1.43. The van der Waals surface area contributed by atoms with Gasteiger partial charge in [-0.05, 0) is 18.2 Å². The van der Waals surface area contributed by atoms with Gasteiger partial charge in [0, 0.05) is 13.6 Å². The highest BCUT2D eigenvalue weighted by atomic mass is 35.5. The van der Waals surface area contributed by atoms with Gasteiger partial charge in [0.05, 0.1) is 29.0 Å². The van der Waals surface area contributed by atoms with Crippen LogP contribution in [0.2, 0.25) is 5.02 Å². The molecule has 0 heterocycles. The number of hydrogen-bond acceptors (Lipinski definition) is 5. The van der Waals surface area contributed by atoms with E-state index in [-0.39, 0.29) is 28.4 Å². The monoisotopic (exact) mass is 335 g/mol. The minimum Gasteiger partial charge on any atom is -0.481 e. The Morgan fingerprint density at radius 3 is 2.48 bits per heavy atom. The highest BCUT2D eigenvalue weighted by Gasteiger charge is 2.23. The molecule has 21 heavy (non-hydrogen) atoms. The maximum atomic E-state index is 12.2. The summed E-state index contributed by atoms with van der Waals surface area (Å²) in [6, 6.07) is 3.58. The Morgan fingerprint density at radius 2 is 2.00 bits per heavy atom. The Balaban J connectivity index is 3.07. The predicted molar refractivity (Wildman–Crippen MR) is 74.9 cm³/mol. The van der Waals surface area contributed by atoms with Gasteiger partial charge in [0.15, 0.2) is 0 Å². The molecule has 0 atom stereocenters. The van der Waals surface area contributed by atoms with Gasteiger partial charge in [-0.15, -0.1) is 0 Å². The summed E-state index contributed by atoms with van der Waals surface area (Å²) in [5.41, 5.74) is 0.0475. The number of carboxylic acids is 1. The Labute approximate surface area is 127 Å². The Kier molecular flexibility index (Phi) is 5.70. The van der Waals surface area contributed by atoms with E-state index in [1.54, 1.807) is 0 Å². The summed E-state index contributed by atoms with van der Waals surface area (Å²) in [5.74, 6) is -1.78. The molecule has 0 radical (unpaired) electrons. The molecule has 1 aromatic rings.